The maximum absolute atomic E-state index is 11.1. The number of carboxylic acids is 1. The molecule has 0 bridgehead atoms. The fourth-order valence-corrected chi connectivity index (χ4v) is 2.28. The fraction of sp³-hybridized carbons (Fsp3) is 0.500. The zero-order valence-corrected chi connectivity index (χ0v) is 10.4. The Hall–Kier alpha value is -1.35. The minimum atomic E-state index is -0.725. The summed E-state index contributed by atoms with van der Waals surface area (Å²) in [6.45, 7) is 4.76. The molecule has 17 heavy (non-hydrogen) atoms. The summed E-state index contributed by atoms with van der Waals surface area (Å²) < 4.78 is 0. The van der Waals surface area contributed by atoms with Gasteiger partial charge in [-0.2, -0.15) is 0 Å². The molecular weight excluding hydrogens is 214 g/mol. The Balaban J connectivity index is 1.98. The zero-order valence-electron chi connectivity index (χ0n) is 10.4. The molecule has 2 N–H and O–H groups in total. The molecule has 1 unspecified atom stereocenters. The first-order chi connectivity index (χ1) is 8.06. The van der Waals surface area contributed by atoms with Gasteiger partial charge in [0.25, 0.3) is 0 Å². The average molecular weight is 233 g/mol. The van der Waals surface area contributed by atoms with Gasteiger partial charge in [0.15, 0.2) is 0 Å². The van der Waals surface area contributed by atoms with Crippen molar-refractivity contribution in [1.82, 2.24) is 5.32 Å². The van der Waals surface area contributed by atoms with E-state index in [0.717, 1.165) is 18.4 Å². The summed E-state index contributed by atoms with van der Waals surface area (Å²) in [4.78, 5) is 11.1. The number of hydrogen-bond donors (Lipinski definition) is 2. The Morgan fingerprint density at radius 2 is 1.94 bits per heavy atom. The van der Waals surface area contributed by atoms with E-state index in [4.69, 9.17) is 5.11 Å². The van der Waals surface area contributed by atoms with Crippen LogP contribution in [0, 0.1) is 19.8 Å². The first-order valence-corrected chi connectivity index (χ1v) is 6.09. The first kappa shape index (κ1) is 12.1. The monoisotopic (exact) mass is 233 g/mol. The highest BCUT2D eigenvalue weighted by Crippen LogP contribution is 2.32. The van der Waals surface area contributed by atoms with Crippen molar-refractivity contribution in [2.24, 2.45) is 5.92 Å². The molecule has 0 heterocycles. The number of rotatable bonds is 5. The van der Waals surface area contributed by atoms with Gasteiger partial charge in [0.1, 0.15) is 6.04 Å². The lowest BCUT2D eigenvalue weighted by Gasteiger charge is -2.14. The lowest BCUT2D eigenvalue weighted by molar-refractivity contribution is -0.140. The molecule has 1 saturated carbocycles. The minimum absolute atomic E-state index is 0.332. The summed E-state index contributed by atoms with van der Waals surface area (Å²) in [5.41, 5.74) is 3.61. The van der Waals surface area contributed by atoms with Gasteiger partial charge in [-0.25, -0.2) is 0 Å². The summed E-state index contributed by atoms with van der Waals surface area (Å²) in [5.74, 6) is -0.393. The van der Waals surface area contributed by atoms with E-state index in [1.165, 1.54) is 11.1 Å². The Labute approximate surface area is 102 Å². The molecule has 2 rings (SSSR count). The van der Waals surface area contributed by atoms with E-state index in [0.29, 0.717) is 12.5 Å². The van der Waals surface area contributed by atoms with Crippen molar-refractivity contribution in [3.8, 4) is 0 Å². The smallest absolute Gasteiger partial charge is 0.320 e. The predicted octanol–water partition coefficient (Wildman–Crippen LogP) is 2.26. The third kappa shape index (κ3) is 3.30. The summed E-state index contributed by atoms with van der Waals surface area (Å²) >= 11 is 0. The van der Waals surface area contributed by atoms with Crippen LogP contribution < -0.4 is 5.32 Å². The van der Waals surface area contributed by atoms with E-state index < -0.39 is 5.97 Å². The molecule has 92 valence electrons. The van der Waals surface area contributed by atoms with Crippen LogP contribution in [0.2, 0.25) is 0 Å². The van der Waals surface area contributed by atoms with E-state index in [-0.39, 0.29) is 6.04 Å². The highest BCUT2D eigenvalue weighted by Gasteiger charge is 2.35. The normalized spacial score (nSPS) is 16.8. The summed E-state index contributed by atoms with van der Waals surface area (Å²) in [6.07, 6.45) is 2.08. The van der Waals surface area contributed by atoms with Gasteiger partial charge in [0, 0.05) is 6.54 Å². The Bertz CT molecular complexity index is 404. The van der Waals surface area contributed by atoms with E-state index in [1.54, 1.807) is 0 Å². The second-order valence-electron chi connectivity index (χ2n) is 5.03. The molecule has 1 fully saturated rings. The van der Waals surface area contributed by atoms with Crippen LogP contribution in [0.3, 0.4) is 0 Å². The number of aryl methyl sites for hydroxylation is 2. The van der Waals surface area contributed by atoms with Gasteiger partial charge in [-0.15, -0.1) is 0 Å². The molecule has 3 nitrogen and oxygen atoms in total. The van der Waals surface area contributed by atoms with Crippen LogP contribution in [0.15, 0.2) is 18.2 Å². The predicted molar refractivity (Wildman–Crippen MR) is 66.9 cm³/mol. The molecule has 3 heteroatoms. The van der Waals surface area contributed by atoms with E-state index >= 15 is 0 Å². The first-order valence-electron chi connectivity index (χ1n) is 6.09. The van der Waals surface area contributed by atoms with Crippen LogP contribution in [0.5, 0.6) is 0 Å². The quantitative estimate of drug-likeness (QED) is 0.820. The maximum atomic E-state index is 11.1. The van der Waals surface area contributed by atoms with Crippen LogP contribution in [-0.4, -0.2) is 17.1 Å². The molecule has 0 aromatic heterocycles. The second kappa shape index (κ2) is 4.88. The Morgan fingerprint density at radius 1 is 1.35 bits per heavy atom. The van der Waals surface area contributed by atoms with Crippen molar-refractivity contribution in [2.75, 3.05) is 0 Å². The average Bonchev–Trinajstić information content (AvgIpc) is 3.00. The zero-order chi connectivity index (χ0) is 12.4. The molecule has 1 aromatic carbocycles. The number of aliphatic carboxylic acids is 1. The third-order valence-corrected chi connectivity index (χ3v) is 3.17. The highest BCUT2D eigenvalue weighted by molar-refractivity contribution is 5.74. The van der Waals surface area contributed by atoms with Gasteiger partial charge in [-0.1, -0.05) is 29.3 Å². The lowest BCUT2D eigenvalue weighted by atomic mass is 10.1. The molecule has 0 spiro atoms. The molecular formula is C14H19NO2. The summed E-state index contributed by atoms with van der Waals surface area (Å²) in [7, 11) is 0. The van der Waals surface area contributed by atoms with Crippen molar-refractivity contribution in [1.29, 1.82) is 0 Å². The molecule has 0 radical (unpaired) electrons. The molecule has 1 aliphatic rings. The van der Waals surface area contributed by atoms with Gasteiger partial charge in [-0.3, -0.25) is 4.79 Å². The van der Waals surface area contributed by atoms with Gasteiger partial charge >= 0.3 is 5.97 Å². The number of carboxylic acid groups (broad SMARTS) is 1. The molecule has 0 amide bonds. The molecule has 1 aliphatic carbocycles. The Morgan fingerprint density at radius 3 is 2.41 bits per heavy atom. The van der Waals surface area contributed by atoms with Gasteiger partial charge in [0.2, 0.25) is 0 Å². The second-order valence-corrected chi connectivity index (χ2v) is 5.03. The summed E-state index contributed by atoms with van der Waals surface area (Å²) in [6, 6.07) is 5.95. The van der Waals surface area contributed by atoms with Crippen molar-refractivity contribution in [3.63, 3.8) is 0 Å². The lowest BCUT2D eigenvalue weighted by Crippen LogP contribution is -2.38. The van der Waals surface area contributed by atoms with E-state index in [9.17, 15) is 4.79 Å². The maximum Gasteiger partial charge on any atom is 0.320 e. The summed E-state index contributed by atoms with van der Waals surface area (Å²) in [5, 5.41) is 12.3. The topological polar surface area (TPSA) is 49.3 Å². The number of hydrogen-bond acceptors (Lipinski definition) is 2. The van der Waals surface area contributed by atoms with Crippen LogP contribution in [0.1, 0.15) is 29.5 Å². The molecule has 1 aromatic rings. The van der Waals surface area contributed by atoms with Crippen LogP contribution in [-0.2, 0) is 11.3 Å². The number of benzene rings is 1. The SMILES string of the molecule is Cc1cc(C)cc(CNC(C(=O)O)C2CC2)c1. The van der Waals surface area contributed by atoms with Crippen molar-refractivity contribution < 1.29 is 9.90 Å². The van der Waals surface area contributed by atoms with Crippen molar-refractivity contribution in [2.45, 2.75) is 39.3 Å². The minimum Gasteiger partial charge on any atom is -0.480 e. The third-order valence-electron chi connectivity index (χ3n) is 3.17. The van der Waals surface area contributed by atoms with E-state index in [1.807, 2.05) is 0 Å². The molecule has 1 atom stereocenters. The Kier molecular flexibility index (Phi) is 3.48. The highest BCUT2D eigenvalue weighted by atomic mass is 16.4. The van der Waals surface area contributed by atoms with Crippen LogP contribution in [0.25, 0.3) is 0 Å². The van der Waals surface area contributed by atoms with Crippen molar-refractivity contribution in [3.05, 3.63) is 34.9 Å². The fourth-order valence-electron chi connectivity index (χ4n) is 2.28. The standard InChI is InChI=1S/C14H19NO2/c1-9-5-10(2)7-11(6-9)8-15-13(14(16)17)12-3-4-12/h5-7,12-13,15H,3-4,8H2,1-2H3,(H,16,17). The molecule has 0 aliphatic heterocycles. The number of carbonyl (C=O) groups is 1. The van der Waals surface area contributed by atoms with Crippen LogP contribution >= 0.6 is 0 Å². The van der Waals surface area contributed by atoms with Crippen LogP contribution in [0.4, 0.5) is 0 Å². The van der Waals surface area contributed by atoms with Crippen molar-refractivity contribution >= 4 is 5.97 Å². The number of nitrogens with one attached hydrogen (secondary N) is 1. The van der Waals surface area contributed by atoms with E-state index in [2.05, 4.69) is 37.4 Å². The molecule has 0 saturated heterocycles. The van der Waals surface area contributed by atoms with Gasteiger partial charge in [-0.05, 0) is 38.2 Å². The van der Waals surface area contributed by atoms with Gasteiger partial charge < -0.3 is 10.4 Å². The largest absolute Gasteiger partial charge is 0.480 e. The van der Waals surface area contributed by atoms with Gasteiger partial charge in [0.05, 0.1) is 0 Å².